The monoisotopic (exact) mass is 507 g/mol. The van der Waals surface area contributed by atoms with Crippen LogP contribution >= 0.6 is 0 Å². The van der Waals surface area contributed by atoms with E-state index in [9.17, 15) is 4.79 Å². The number of nitrogens with zero attached hydrogens (tertiary/aromatic N) is 2. The summed E-state index contributed by atoms with van der Waals surface area (Å²) in [5.74, 6) is -0.0643. The van der Waals surface area contributed by atoms with Crippen LogP contribution in [0, 0.1) is 19.3 Å². The number of hydrogen-bond acceptors (Lipinski definition) is 4. The van der Waals surface area contributed by atoms with Gasteiger partial charge in [0.05, 0.1) is 11.1 Å². The molecule has 0 radical (unpaired) electrons. The first kappa shape index (κ1) is 25.9. The average Bonchev–Trinajstić information content (AvgIpc) is 3.39. The molecule has 0 aliphatic carbocycles. The van der Waals surface area contributed by atoms with E-state index in [4.69, 9.17) is 0 Å². The molecule has 0 unspecified atom stereocenters. The summed E-state index contributed by atoms with van der Waals surface area (Å²) in [6.07, 6.45) is 8.03. The smallest absolute Gasteiger partial charge is 0.251 e. The number of aromatic amines is 1. The quantitative estimate of drug-likeness (QED) is 0.235. The topological polar surface area (TPSA) is 82.2 Å². The normalized spacial score (nSPS) is 14.6. The highest BCUT2D eigenvalue weighted by Crippen LogP contribution is 2.34. The Hall–Kier alpha value is -3.77. The average molecular weight is 508 g/mol. The first-order chi connectivity index (χ1) is 18.3. The molecule has 0 atom stereocenters. The van der Waals surface area contributed by atoms with Crippen molar-refractivity contribution in [3.05, 3.63) is 88.7 Å². The minimum absolute atomic E-state index is 0.0643. The number of benzene rings is 2. The van der Waals surface area contributed by atoms with Crippen molar-refractivity contribution in [2.24, 2.45) is 10.5 Å². The van der Waals surface area contributed by atoms with Gasteiger partial charge in [0.2, 0.25) is 0 Å². The lowest BCUT2D eigenvalue weighted by Gasteiger charge is -2.17. The highest BCUT2D eigenvalue weighted by Gasteiger charge is 2.39. The van der Waals surface area contributed by atoms with Gasteiger partial charge < -0.3 is 10.3 Å². The molecule has 196 valence electrons. The lowest BCUT2D eigenvalue weighted by molar-refractivity contribution is -0.125. The van der Waals surface area contributed by atoms with Crippen molar-refractivity contribution in [2.75, 3.05) is 13.1 Å². The fourth-order valence-corrected chi connectivity index (χ4v) is 5.40. The number of hydrogen-bond donors (Lipinski definition) is 3. The zero-order valence-corrected chi connectivity index (χ0v) is 22.8. The number of pyridine rings is 1. The number of nitrogens with one attached hydrogen (secondary N) is 3. The van der Waals surface area contributed by atoms with E-state index >= 15 is 0 Å². The Bertz CT molecular complexity index is 1460. The molecule has 0 saturated heterocycles. The maximum Gasteiger partial charge on any atom is 0.251 e. The van der Waals surface area contributed by atoms with Gasteiger partial charge in [-0.05, 0) is 119 Å². The second-order valence-corrected chi connectivity index (χ2v) is 11.0. The van der Waals surface area contributed by atoms with Gasteiger partial charge in [-0.15, -0.1) is 0 Å². The second kappa shape index (κ2) is 10.9. The number of H-pyrrole nitrogens is 1. The van der Waals surface area contributed by atoms with Crippen molar-refractivity contribution < 1.29 is 4.79 Å². The van der Waals surface area contributed by atoms with Crippen molar-refractivity contribution in [3.8, 4) is 11.3 Å². The molecule has 6 nitrogen and oxygen atoms in total. The van der Waals surface area contributed by atoms with E-state index in [-0.39, 0.29) is 5.91 Å². The number of aryl methyl sites for hydroxylation is 3. The Morgan fingerprint density at radius 3 is 2.45 bits per heavy atom. The van der Waals surface area contributed by atoms with E-state index in [1.807, 2.05) is 32.3 Å². The Balaban J connectivity index is 1.36. The third kappa shape index (κ3) is 5.41. The third-order valence-corrected chi connectivity index (χ3v) is 7.46. The maximum atomic E-state index is 12.3. The van der Waals surface area contributed by atoms with Crippen LogP contribution in [0.15, 0.2) is 66.0 Å². The van der Waals surface area contributed by atoms with Gasteiger partial charge in [-0.25, -0.2) is 5.43 Å². The molecule has 0 bridgehead atoms. The number of aromatic nitrogens is 2. The van der Waals surface area contributed by atoms with Crippen LogP contribution in [0.3, 0.4) is 0 Å². The van der Waals surface area contributed by atoms with E-state index in [2.05, 4.69) is 82.1 Å². The summed E-state index contributed by atoms with van der Waals surface area (Å²) in [5, 5.41) is 9.23. The first-order valence-electron chi connectivity index (χ1n) is 13.5. The fraction of sp³-hybridized carbons (Fsp3) is 0.344. The van der Waals surface area contributed by atoms with Crippen LogP contribution in [0.5, 0.6) is 0 Å². The summed E-state index contributed by atoms with van der Waals surface area (Å²) in [7, 11) is 0. The van der Waals surface area contributed by atoms with Gasteiger partial charge in [0, 0.05) is 29.0 Å². The lowest BCUT2D eigenvalue weighted by Crippen LogP contribution is -2.32. The highest BCUT2D eigenvalue weighted by atomic mass is 16.2. The van der Waals surface area contributed by atoms with Gasteiger partial charge in [-0.2, -0.15) is 5.10 Å². The minimum Gasteiger partial charge on any atom is -0.354 e. The number of hydrazone groups is 1. The molecule has 2 aromatic carbocycles. The predicted octanol–water partition coefficient (Wildman–Crippen LogP) is 5.86. The van der Waals surface area contributed by atoms with Gasteiger partial charge >= 0.3 is 0 Å². The lowest BCUT2D eigenvalue weighted by atomic mass is 9.83. The number of rotatable bonds is 10. The molecule has 5 rings (SSSR count). The Kier molecular flexibility index (Phi) is 7.43. The maximum absolute atomic E-state index is 12.3. The molecule has 1 aliphatic heterocycles. The van der Waals surface area contributed by atoms with Gasteiger partial charge in [-0.1, -0.05) is 29.3 Å². The van der Waals surface area contributed by atoms with Crippen LogP contribution in [-0.4, -0.2) is 34.7 Å². The summed E-state index contributed by atoms with van der Waals surface area (Å²) >= 11 is 0. The minimum atomic E-state index is -0.655. The van der Waals surface area contributed by atoms with E-state index < -0.39 is 5.41 Å². The molecule has 0 spiro atoms. The summed E-state index contributed by atoms with van der Waals surface area (Å²) in [6, 6.07) is 17.2. The molecule has 0 fully saturated rings. The number of fused-ring (bicyclic) bond motifs is 1. The first-order valence-corrected chi connectivity index (χ1v) is 13.5. The van der Waals surface area contributed by atoms with Crippen LogP contribution in [-0.2, 0) is 17.6 Å². The second-order valence-electron chi connectivity index (χ2n) is 11.0. The standard InChI is InChI=1S/C32H37N5O/c1-21-16-22(2)18-25(17-21)29-26(12-15-33-13-6-5-8-23-9-7-14-34-20-23)27-19-24(10-11-28(27)35-29)30-32(3,4)31(38)37-36-30/h7,9-11,14,16-20,33,35H,5-6,8,12-13,15H2,1-4H3,(H,37,38). The molecule has 1 amide bonds. The fourth-order valence-electron chi connectivity index (χ4n) is 5.40. The van der Waals surface area contributed by atoms with Crippen molar-refractivity contribution in [1.82, 2.24) is 20.7 Å². The number of amides is 1. The highest BCUT2D eigenvalue weighted by molar-refractivity contribution is 6.20. The summed E-state index contributed by atoms with van der Waals surface area (Å²) in [5.41, 5.74) is 12.4. The van der Waals surface area contributed by atoms with Gasteiger partial charge in [0.1, 0.15) is 0 Å². The molecule has 1 aliphatic rings. The molecule has 6 heteroatoms. The summed E-state index contributed by atoms with van der Waals surface area (Å²) < 4.78 is 0. The van der Waals surface area contributed by atoms with Gasteiger partial charge in [0.15, 0.2) is 0 Å². The SMILES string of the molecule is Cc1cc(C)cc(-c2[nH]c3ccc(C4=NNC(=O)C4(C)C)cc3c2CCNCCCCc2cccnc2)c1. The van der Waals surface area contributed by atoms with Gasteiger partial charge in [-0.3, -0.25) is 9.78 Å². The van der Waals surface area contributed by atoms with E-state index in [1.165, 1.54) is 38.9 Å². The van der Waals surface area contributed by atoms with Crippen LogP contribution < -0.4 is 10.7 Å². The van der Waals surface area contributed by atoms with Crippen molar-refractivity contribution >= 4 is 22.5 Å². The van der Waals surface area contributed by atoms with Gasteiger partial charge in [0.25, 0.3) is 5.91 Å². The molecular weight excluding hydrogens is 470 g/mol. The molecule has 3 N–H and O–H groups in total. The van der Waals surface area contributed by atoms with Crippen LogP contribution in [0.2, 0.25) is 0 Å². The molecule has 0 saturated carbocycles. The van der Waals surface area contributed by atoms with Crippen LogP contribution in [0.1, 0.15) is 54.5 Å². The zero-order valence-electron chi connectivity index (χ0n) is 22.8. The van der Waals surface area contributed by atoms with E-state index in [0.717, 1.165) is 55.6 Å². The Labute approximate surface area is 225 Å². The molecule has 38 heavy (non-hydrogen) atoms. The van der Waals surface area contributed by atoms with Crippen LogP contribution in [0.4, 0.5) is 0 Å². The van der Waals surface area contributed by atoms with Crippen molar-refractivity contribution in [1.29, 1.82) is 0 Å². The number of carbonyl (C=O) groups excluding carboxylic acids is 1. The summed E-state index contributed by atoms with van der Waals surface area (Å²) in [4.78, 5) is 20.3. The Morgan fingerprint density at radius 1 is 0.921 bits per heavy atom. The van der Waals surface area contributed by atoms with Crippen molar-refractivity contribution in [3.63, 3.8) is 0 Å². The number of carbonyl (C=O) groups is 1. The number of unbranched alkanes of at least 4 members (excludes halogenated alkanes) is 1. The Morgan fingerprint density at radius 2 is 1.74 bits per heavy atom. The van der Waals surface area contributed by atoms with Crippen LogP contribution in [0.25, 0.3) is 22.2 Å². The molecule has 2 aromatic heterocycles. The van der Waals surface area contributed by atoms with Crippen molar-refractivity contribution in [2.45, 2.75) is 53.4 Å². The predicted molar refractivity (Wildman–Crippen MR) is 155 cm³/mol. The molecular formula is C32H37N5O. The largest absolute Gasteiger partial charge is 0.354 e. The van der Waals surface area contributed by atoms with E-state index in [1.54, 1.807) is 0 Å². The zero-order chi connectivity index (χ0) is 26.7. The summed E-state index contributed by atoms with van der Waals surface area (Å²) in [6.45, 7) is 10.0. The molecule has 4 aromatic rings. The third-order valence-electron chi connectivity index (χ3n) is 7.46. The van der Waals surface area contributed by atoms with E-state index in [0.29, 0.717) is 0 Å². The molecule has 3 heterocycles.